The van der Waals surface area contributed by atoms with Gasteiger partial charge in [0.1, 0.15) is 29.6 Å². The molecule has 0 bridgehead atoms. The predicted octanol–water partition coefficient (Wildman–Crippen LogP) is 4.14. The SMILES string of the molecule is CC[C@]1([C@@H](O)[C@@H](O)[C@@H](C)n2ccc3c(N)ncnc32)C[C@H](Oc2ccc3cc(Cl)cnc3c2)C1. The number of hydrogen-bond donors (Lipinski definition) is 3. The summed E-state index contributed by atoms with van der Waals surface area (Å²) in [7, 11) is 0. The monoisotopic (exact) mass is 481 g/mol. The number of aliphatic hydroxyl groups is 2. The van der Waals surface area contributed by atoms with E-state index in [2.05, 4.69) is 15.0 Å². The Hall–Kier alpha value is -2.94. The molecule has 1 saturated carbocycles. The van der Waals surface area contributed by atoms with Gasteiger partial charge < -0.3 is 25.3 Å². The molecule has 3 aromatic heterocycles. The van der Waals surface area contributed by atoms with Crippen molar-refractivity contribution in [3.63, 3.8) is 0 Å². The first-order valence-corrected chi connectivity index (χ1v) is 11.8. The van der Waals surface area contributed by atoms with Gasteiger partial charge in [-0.05, 0) is 50.5 Å². The fourth-order valence-corrected chi connectivity index (χ4v) is 5.29. The Balaban J connectivity index is 1.28. The third-order valence-corrected chi connectivity index (χ3v) is 7.53. The Kier molecular flexibility index (Phi) is 5.83. The average Bonchev–Trinajstić information content (AvgIpc) is 3.25. The van der Waals surface area contributed by atoms with E-state index in [1.54, 1.807) is 6.20 Å². The van der Waals surface area contributed by atoms with Crippen LogP contribution in [0.3, 0.4) is 0 Å². The normalized spacial score (nSPS) is 22.9. The Morgan fingerprint density at radius 3 is 2.76 bits per heavy atom. The van der Waals surface area contributed by atoms with E-state index in [9.17, 15) is 10.2 Å². The van der Waals surface area contributed by atoms with Crippen molar-refractivity contribution in [3.05, 3.63) is 54.1 Å². The first-order chi connectivity index (χ1) is 16.3. The molecule has 9 heteroatoms. The molecular formula is C25H28ClN5O3. The zero-order valence-electron chi connectivity index (χ0n) is 19.1. The van der Waals surface area contributed by atoms with Crippen LogP contribution in [0.4, 0.5) is 5.82 Å². The molecule has 0 aliphatic heterocycles. The van der Waals surface area contributed by atoms with E-state index < -0.39 is 23.7 Å². The summed E-state index contributed by atoms with van der Waals surface area (Å²) in [5.41, 5.74) is 6.98. The van der Waals surface area contributed by atoms with Crippen molar-refractivity contribution in [3.8, 4) is 5.75 Å². The van der Waals surface area contributed by atoms with E-state index in [1.807, 2.05) is 54.9 Å². The second-order valence-corrected chi connectivity index (χ2v) is 9.70. The number of nitrogens with two attached hydrogens (primary N) is 1. The Bertz CT molecular complexity index is 1340. The van der Waals surface area contributed by atoms with E-state index in [-0.39, 0.29) is 6.10 Å². The van der Waals surface area contributed by atoms with Gasteiger partial charge in [0, 0.05) is 29.3 Å². The van der Waals surface area contributed by atoms with Crippen molar-refractivity contribution in [1.82, 2.24) is 19.5 Å². The minimum Gasteiger partial charge on any atom is -0.490 e. The van der Waals surface area contributed by atoms with Crippen LogP contribution in [-0.4, -0.2) is 48.0 Å². The number of fused-ring (bicyclic) bond motifs is 2. The molecule has 4 N–H and O–H groups in total. The van der Waals surface area contributed by atoms with Gasteiger partial charge in [-0.1, -0.05) is 18.5 Å². The molecule has 3 atom stereocenters. The van der Waals surface area contributed by atoms with Gasteiger partial charge in [-0.3, -0.25) is 4.98 Å². The molecule has 1 aromatic carbocycles. The number of aliphatic hydroxyl groups excluding tert-OH is 2. The van der Waals surface area contributed by atoms with Crippen molar-refractivity contribution in [2.75, 3.05) is 5.73 Å². The Morgan fingerprint density at radius 2 is 2.00 bits per heavy atom. The van der Waals surface area contributed by atoms with E-state index >= 15 is 0 Å². The molecule has 0 amide bonds. The van der Waals surface area contributed by atoms with Crippen molar-refractivity contribution >= 4 is 39.4 Å². The average molecular weight is 482 g/mol. The lowest BCUT2D eigenvalue weighted by Crippen LogP contribution is -2.56. The van der Waals surface area contributed by atoms with Crippen molar-refractivity contribution in [1.29, 1.82) is 0 Å². The van der Waals surface area contributed by atoms with Gasteiger partial charge in [0.2, 0.25) is 0 Å². The number of pyridine rings is 1. The number of anilines is 1. The molecule has 0 saturated heterocycles. The predicted molar refractivity (Wildman–Crippen MR) is 132 cm³/mol. The van der Waals surface area contributed by atoms with Crippen LogP contribution in [0.25, 0.3) is 21.9 Å². The maximum Gasteiger partial charge on any atom is 0.145 e. The summed E-state index contributed by atoms with van der Waals surface area (Å²) in [5.74, 6) is 1.12. The molecule has 1 fully saturated rings. The first-order valence-electron chi connectivity index (χ1n) is 11.5. The number of halogens is 1. The number of ether oxygens (including phenoxy) is 1. The Morgan fingerprint density at radius 1 is 1.21 bits per heavy atom. The van der Waals surface area contributed by atoms with Gasteiger partial charge in [0.05, 0.1) is 34.2 Å². The number of nitrogens with zero attached hydrogens (tertiary/aromatic N) is 4. The second kappa shape index (κ2) is 8.69. The molecule has 0 spiro atoms. The lowest BCUT2D eigenvalue weighted by molar-refractivity contribution is -0.150. The fraction of sp³-hybridized carbons (Fsp3) is 0.400. The summed E-state index contributed by atoms with van der Waals surface area (Å²) in [5, 5.41) is 24.6. The largest absolute Gasteiger partial charge is 0.490 e. The topological polar surface area (TPSA) is 119 Å². The quantitative estimate of drug-likeness (QED) is 0.363. The number of hydrogen-bond acceptors (Lipinski definition) is 7. The van der Waals surface area contributed by atoms with Gasteiger partial charge in [0.25, 0.3) is 0 Å². The number of rotatable bonds is 7. The number of aromatic nitrogens is 4. The van der Waals surface area contributed by atoms with Crippen LogP contribution < -0.4 is 10.5 Å². The third-order valence-electron chi connectivity index (χ3n) is 7.32. The molecule has 0 unspecified atom stereocenters. The highest BCUT2D eigenvalue weighted by molar-refractivity contribution is 6.31. The van der Waals surface area contributed by atoms with Crippen LogP contribution in [0.5, 0.6) is 5.75 Å². The summed E-state index contributed by atoms with van der Waals surface area (Å²) >= 11 is 6.02. The van der Waals surface area contributed by atoms with E-state index in [0.29, 0.717) is 29.3 Å². The summed E-state index contributed by atoms with van der Waals surface area (Å²) < 4.78 is 8.02. The fourth-order valence-electron chi connectivity index (χ4n) is 5.12. The van der Waals surface area contributed by atoms with E-state index in [0.717, 1.165) is 28.5 Å². The lowest BCUT2D eigenvalue weighted by Gasteiger charge is -2.51. The van der Waals surface area contributed by atoms with E-state index in [4.69, 9.17) is 22.1 Å². The zero-order chi connectivity index (χ0) is 24.0. The van der Waals surface area contributed by atoms with Crippen LogP contribution >= 0.6 is 11.6 Å². The molecule has 4 aromatic rings. The number of nitrogen functional groups attached to an aromatic ring is 1. The van der Waals surface area contributed by atoms with Crippen LogP contribution in [0, 0.1) is 5.41 Å². The van der Waals surface area contributed by atoms with Crippen LogP contribution in [0.1, 0.15) is 39.2 Å². The highest BCUT2D eigenvalue weighted by Gasteiger charge is 2.52. The van der Waals surface area contributed by atoms with Gasteiger partial charge in [-0.2, -0.15) is 0 Å². The maximum absolute atomic E-state index is 11.2. The maximum atomic E-state index is 11.2. The minimum absolute atomic E-state index is 0.0400. The van der Waals surface area contributed by atoms with Crippen molar-refractivity contribution in [2.24, 2.45) is 5.41 Å². The molecule has 1 aliphatic carbocycles. The van der Waals surface area contributed by atoms with Gasteiger partial charge in [0.15, 0.2) is 0 Å². The molecule has 178 valence electrons. The molecule has 34 heavy (non-hydrogen) atoms. The smallest absolute Gasteiger partial charge is 0.145 e. The minimum atomic E-state index is -0.984. The highest BCUT2D eigenvalue weighted by atomic mass is 35.5. The molecule has 1 aliphatic rings. The molecule has 3 heterocycles. The lowest BCUT2D eigenvalue weighted by atomic mass is 9.60. The summed E-state index contributed by atoms with van der Waals surface area (Å²) in [6.45, 7) is 3.91. The van der Waals surface area contributed by atoms with Gasteiger partial charge in [-0.15, -0.1) is 0 Å². The summed E-state index contributed by atoms with van der Waals surface area (Å²) in [4.78, 5) is 12.7. The summed E-state index contributed by atoms with van der Waals surface area (Å²) in [6.07, 6.45) is 4.95. The van der Waals surface area contributed by atoms with Gasteiger partial charge >= 0.3 is 0 Å². The molecule has 5 rings (SSSR count). The van der Waals surface area contributed by atoms with E-state index in [1.165, 1.54) is 6.33 Å². The highest BCUT2D eigenvalue weighted by Crippen LogP contribution is 2.50. The van der Waals surface area contributed by atoms with Crippen molar-refractivity contribution < 1.29 is 14.9 Å². The van der Waals surface area contributed by atoms with Crippen molar-refractivity contribution in [2.45, 2.75) is 57.5 Å². The van der Waals surface area contributed by atoms with Crippen LogP contribution in [0.15, 0.2) is 49.1 Å². The summed E-state index contributed by atoms with van der Waals surface area (Å²) in [6, 6.07) is 9.04. The molecular weight excluding hydrogens is 454 g/mol. The molecule has 0 radical (unpaired) electrons. The molecule has 8 nitrogen and oxygen atoms in total. The standard InChI is InChI=1S/C25H28ClN5O3/c1-3-25(10-18(11-25)34-17-5-4-15-8-16(26)12-28-20(15)9-17)22(33)21(32)14(2)31-7-6-19-23(27)29-13-30-24(19)31/h4-9,12-14,18,21-22,32-33H,3,10-11H2,1-2H3,(H2,27,29,30)/t14-,18-,21+,22+,25-/m1/s1. The number of benzene rings is 1. The van der Waals surface area contributed by atoms with Crippen LogP contribution in [-0.2, 0) is 0 Å². The Labute approximate surface area is 202 Å². The van der Waals surface area contributed by atoms with Crippen LogP contribution in [0.2, 0.25) is 5.02 Å². The van der Waals surface area contributed by atoms with Gasteiger partial charge in [-0.25, -0.2) is 9.97 Å². The first kappa shape index (κ1) is 22.8. The zero-order valence-corrected chi connectivity index (χ0v) is 19.9. The third kappa shape index (κ3) is 3.85. The second-order valence-electron chi connectivity index (χ2n) is 9.27.